The summed E-state index contributed by atoms with van der Waals surface area (Å²) in [5.74, 6) is 0. The van der Waals surface area contributed by atoms with Crippen LogP contribution in [0.5, 0.6) is 0 Å². The minimum absolute atomic E-state index is 0.245. The van der Waals surface area contributed by atoms with E-state index in [0.717, 1.165) is 12.1 Å². The maximum Gasteiger partial charge on any atom is 0.416 e. The minimum Gasteiger partial charge on any atom is -0.317 e. The van der Waals surface area contributed by atoms with E-state index in [1.54, 1.807) is 0 Å². The third kappa shape index (κ3) is 3.75. The summed E-state index contributed by atoms with van der Waals surface area (Å²) in [4.78, 5) is -0.309. The Morgan fingerprint density at radius 1 is 1.24 bits per heavy atom. The highest BCUT2D eigenvalue weighted by Gasteiger charge is 2.35. The van der Waals surface area contributed by atoms with Gasteiger partial charge in [-0.1, -0.05) is 6.07 Å². The van der Waals surface area contributed by atoms with Gasteiger partial charge in [-0.2, -0.15) is 13.2 Å². The van der Waals surface area contributed by atoms with Gasteiger partial charge in [-0.3, -0.25) is 0 Å². The van der Waals surface area contributed by atoms with Crippen LogP contribution in [0.2, 0.25) is 0 Å². The Kier molecular flexibility index (Phi) is 4.60. The molecule has 1 aliphatic rings. The standard InChI is InChI=1S/C13H17F3N2O2S/c1-9-11(13(14,15)16)3-2-4-12(9)21(19,20)18-10-5-7-17-8-6-10/h2-4,10,17-18H,5-8H2,1H3. The van der Waals surface area contributed by atoms with Crippen LogP contribution < -0.4 is 10.0 Å². The first-order valence-corrected chi connectivity index (χ1v) is 8.10. The molecule has 1 aromatic rings. The second-order valence-corrected chi connectivity index (χ2v) is 6.75. The number of halogens is 3. The Hall–Kier alpha value is -1.12. The molecule has 0 radical (unpaired) electrons. The van der Waals surface area contributed by atoms with Gasteiger partial charge in [0.2, 0.25) is 10.0 Å². The first-order chi connectivity index (χ1) is 9.72. The molecule has 1 saturated heterocycles. The van der Waals surface area contributed by atoms with Crippen LogP contribution in [0.3, 0.4) is 0 Å². The average Bonchev–Trinajstić information content (AvgIpc) is 2.38. The molecular formula is C13H17F3N2O2S. The summed E-state index contributed by atoms with van der Waals surface area (Å²) < 4.78 is 65.7. The molecule has 0 amide bonds. The van der Waals surface area contributed by atoms with Gasteiger partial charge in [0.25, 0.3) is 0 Å². The number of sulfonamides is 1. The molecular weight excluding hydrogens is 305 g/mol. The normalized spacial score (nSPS) is 17.9. The summed E-state index contributed by atoms with van der Waals surface area (Å²) in [7, 11) is -3.95. The predicted octanol–water partition coefficient (Wildman–Crippen LogP) is 2.04. The first kappa shape index (κ1) is 16.3. The molecule has 0 spiro atoms. The molecule has 0 saturated carbocycles. The molecule has 0 atom stereocenters. The van der Waals surface area contributed by atoms with Crippen molar-refractivity contribution < 1.29 is 21.6 Å². The van der Waals surface area contributed by atoms with E-state index < -0.39 is 21.8 Å². The molecule has 4 nitrogen and oxygen atoms in total. The molecule has 1 aromatic carbocycles. The molecule has 0 unspecified atom stereocenters. The van der Waals surface area contributed by atoms with Crippen LogP contribution in [-0.4, -0.2) is 27.5 Å². The Balaban J connectivity index is 2.32. The second-order valence-electron chi connectivity index (χ2n) is 5.07. The van der Waals surface area contributed by atoms with Crippen LogP contribution in [0.25, 0.3) is 0 Å². The number of benzene rings is 1. The topological polar surface area (TPSA) is 58.2 Å². The van der Waals surface area contributed by atoms with Crippen LogP contribution in [0.4, 0.5) is 13.2 Å². The Bertz CT molecular complexity index is 608. The molecule has 118 valence electrons. The van der Waals surface area contributed by atoms with Crippen molar-refractivity contribution in [2.24, 2.45) is 0 Å². The molecule has 1 heterocycles. The summed E-state index contributed by atoms with van der Waals surface area (Å²) in [6, 6.07) is 2.96. The van der Waals surface area contributed by atoms with Gasteiger partial charge >= 0.3 is 6.18 Å². The van der Waals surface area contributed by atoms with Crippen molar-refractivity contribution in [3.8, 4) is 0 Å². The smallest absolute Gasteiger partial charge is 0.317 e. The molecule has 8 heteroatoms. The quantitative estimate of drug-likeness (QED) is 0.895. The Morgan fingerprint density at radius 3 is 2.43 bits per heavy atom. The first-order valence-electron chi connectivity index (χ1n) is 6.61. The van der Waals surface area contributed by atoms with Crippen molar-refractivity contribution in [2.75, 3.05) is 13.1 Å². The lowest BCUT2D eigenvalue weighted by Gasteiger charge is -2.24. The zero-order valence-electron chi connectivity index (χ0n) is 11.5. The number of rotatable bonds is 3. The van der Waals surface area contributed by atoms with Crippen LogP contribution in [0, 0.1) is 6.92 Å². The van der Waals surface area contributed by atoms with E-state index in [1.807, 2.05) is 0 Å². The summed E-state index contributed by atoms with van der Waals surface area (Å²) in [6.45, 7) is 2.56. The molecule has 1 aliphatic heterocycles. The lowest BCUT2D eigenvalue weighted by atomic mass is 10.1. The van der Waals surface area contributed by atoms with E-state index in [2.05, 4.69) is 10.0 Å². The van der Waals surface area contributed by atoms with E-state index in [4.69, 9.17) is 0 Å². The fraction of sp³-hybridized carbons (Fsp3) is 0.538. The number of piperidine rings is 1. The average molecular weight is 322 g/mol. The lowest BCUT2D eigenvalue weighted by Crippen LogP contribution is -2.42. The van der Waals surface area contributed by atoms with Gasteiger partial charge in [0.15, 0.2) is 0 Å². The second kappa shape index (κ2) is 5.94. The molecule has 0 aromatic heterocycles. The molecule has 0 aliphatic carbocycles. The van der Waals surface area contributed by atoms with Gasteiger partial charge in [-0.25, -0.2) is 13.1 Å². The molecule has 2 rings (SSSR count). The van der Waals surface area contributed by atoms with Crippen molar-refractivity contribution in [1.29, 1.82) is 0 Å². The minimum atomic E-state index is -4.57. The maximum atomic E-state index is 12.9. The predicted molar refractivity (Wildman–Crippen MR) is 72.4 cm³/mol. The highest BCUT2D eigenvalue weighted by molar-refractivity contribution is 7.89. The number of nitrogens with one attached hydrogen (secondary N) is 2. The summed E-state index contributed by atoms with van der Waals surface area (Å²) >= 11 is 0. The number of hydrogen-bond donors (Lipinski definition) is 2. The lowest BCUT2D eigenvalue weighted by molar-refractivity contribution is -0.138. The molecule has 2 N–H and O–H groups in total. The van der Waals surface area contributed by atoms with E-state index in [0.29, 0.717) is 25.9 Å². The van der Waals surface area contributed by atoms with Crippen molar-refractivity contribution in [3.63, 3.8) is 0 Å². The van der Waals surface area contributed by atoms with Crippen molar-refractivity contribution in [3.05, 3.63) is 29.3 Å². The van der Waals surface area contributed by atoms with Crippen molar-refractivity contribution in [2.45, 2.75) is 36.9 Å². The molecule has 0 bridgehead atoms. The monoisotopic (exact) mass is 322 g/mol. The van der Waals surface area contributed by atoms with E-state index in [-0.39, 0.29) is 16.5 Å². The molecule has 21 heavy (non-hydrogen) atoms. The van der Waals surface area contributed by atoms with Gasteiger partial charge < -0.3 is 5.32 Å². The van der Waals surface area contributed by atoms with Crippen molar-refractivity contribution >= 4 is 10.0 Å². The summed E-state index contributed by atoms with van der Waals surface area (Å²) in [5.41, 5.74) is -1.19. The largest absolute Gasteiger partial charge is 0.416 e. The zero-order chi connectivity index (χ0) is 15.7. The van der Waals surface area contributed by atoms with Crippen LogP contribution in [0.1, 0.15) is 24.0 Å². The number of hydrogen-bond acceptors (Lipinski definition) is 3. The van der Waals surface area contributed by atoms with Gasteiger partial charge in [0.1, 0.15) is 0 Å². The zero-order valence-corrected chi connectivity index (χ0v) is 12.3. The summed E-state index contributed by atoms with van der Waals surface area (Å²) in [6.07, 6.45) is -3.32. The van der Waals surface area contributed by atoms with E-state index >= 15 is 0 Å². The Labute approximate surface area is 121 Å². The van der Waals surface area contributed by atoms with Gasteiger partial charge in [0, 0.05) is 6.04 Å². The highest BCUT2D eigenvalue weighted by Crippen LogP contribution is 2.34. The molecule has 1 fully saturated rings. The SMILES string of the molecule is Cc1c(C(F)(F)F)cccc1S(=O)(=O)NC1CCNCC1. The summed E-state index contributed by atoms with van der Waals surface area (Å²) in [5, 5.41) is 3.10. The Morgan fingerprint density at radius 2 is 1.86 bits per heavy atom. The maximum absolute atomic E-state index is 12.9. The fourth-order valence-corrected chi connectivity index (χ4v) is 4.01. The van der Waals surface area contributed by atoms with E-state index in [1.165, 1.54) is 13.0 Å². The third-order valence-electron chi connectivity index (χ3n) is 3.54. The van der Waals surface area contributed by atoms with Gasteiger partial charge in [0.05, 0.1) is 10.5 Å². The van der Waals surface area contributed by atoms with E-state index in [9.17, 15) is 21.6 Å². The number of alkyl halides is 3. The van der Waals surface area contributed by atoms with Crippen LogP contribution >= 0.6 is 0 Å². The van der Waals surface area contributed by atoms with Gasteiger partial charge in [-0.15, -0.1) is 0 Å². The van der Waals surface area contributed by atoms with Crippen LogP contribution in [-0.2, 0) is 16.2 Å². The van der Waals surface area contributed by atoms with Crippen LogP contribution in [0.15, 0.2) is 23.1 Å². The van der Waals surface area contributed by atoms with Gasteiger partial charge in [-0.05, 0) is 50.6 Å². The third-order valence-corrected chi connectivity index (χ3v) is 5.20. The van der Waals surface area contributed by atoms with Crippen molar-refractivity contribution in [1.82, 2.24) is 10.0 Å². The fourth-order valence-electron chi connectivity index (χ4n) is 2.44. The highest BCUT2D eigenvalue weighted by atomic mass is 32.2.